The van der Waals surface area contributed by atoms with E-state index in [1.165, 1.54) is 11.3 Å². The number of nitrogens with zero attached hydrogens (tertiary/aromatic N) is 2. The molecule has 0 bridgehead atoms. The third-order valence-electron chi connectivity index (χ3n) is 3.95. The van der Waals surface area contributed by atoms with Gasteiger partial charge in [-0.15, -0.1) is 0 Å². The Bertz CT molecular complexity index is 701. The first-order valence-corrected chi connectivity index (χ1v) is 7.91. The average molecular weight is 314 g/mol. The molecule has 1 heterocycles. The molecule has 0 spiro atoms. The molecule has 0 aliphatic rings. The number of anilines is 1. The smallest absolute Gasteiger partial charge is 0.255 e. The number of carbonyl (C=O) groups is 1. The van der Waals surface area contributed by atoms with Crippen LogP contribution in [0.2, 0.25) is 0 Å². The van der Waals surface area contributed by atoms with Gasteiger partial charge in [-0.1, -0.05) is 26.0 Å². The fourth-order valence-electron chi connectivity index (χ4n) is 2.75. The number of hydrogen-bond donors (Lipinski definition) is 2. The Morgan fingerprint density at radius 2 is 2.00 bits per heavy atom. The molecule has 0 aliphatic carbocycles. The Morgan fingerprint density at radius 3 is 2.57 bits per heavy atom. The van der Waals surface area contributed by atoms with Crippen molar-refractivity contribution in [3.8, 4) is 0 Å². The molecule has 124 valence electrons. The number of aryl methyl sites for hydroxylation is 2. The minimum atomic E-state index is -0.0747. The molecule has 2 aromatic rings. The molecule has 0 aliphatic heterocycles. The van der Waals surface area contributed by atoms with Gasteiger partial charge in [-0.05, 0) is 37.0 Å². The normalized spacial score (nSPS) is 10.9. The summed E-state index contributed by atoms with van der Waals surface area (Å²) in [5.41, 5.74) is 5.77. The summed E-state index contributed by atoms with van der Waals surface area (Å²) in [5.74, 6) is 0.136. The van der Waals surface area contributed by atoms with Gasteiger partial charge in [0.1, 0.15) is 0 Å². The van der Waals surface area contributed by atoms with Crippen molar-refractivity contribution in [3.63, 3.8) is 0 Å². The number of amides is 1. The molecule has 2 N–H and O–H groups in total. The van der Waals surface area contributed by atoms with E-state index in [-0.39, 0.29) is 11.8 Å². The summed E-state index contributed by atoms with van der Waals surface area (Å²) < 4.78 is 0. The Kier molecular flexibility index (Phi) is 5.08. The molecule has 0 saturated carbocycles. The topological polar surface area (TPSA) is 61.0 Å². The van der Waals surface area contributed by atoms with Crippen molar-refractivity contribution in [2.24, 2.45) is 0 Å². The first kappa shape index (κ1) is 17.1. The zero-order chi connectivity index (χ0) is 17.1. The maximum absolute atomic E-state index is 12.5. The van der Waals surface area contributed by atoms with Crippen molar-refractivity contribution in [2.45, 2.75) is 40.2 Å². The number of aromatic nitrogens is 2. The van der Waals surface area contributed by atoms with E-state index >= 15 is 0 Å². The van der Waals surface area contributed by atoms with Gasteiger partial charge in [0.25, 0.3) is 5.91 Å². The fraction of sp³-hybridized carbons (Fsp3) is 0.444. The van der Waals surface area contributed by atoms with Gasteiger partial charge in [0, 0.05) is 32.0 Å². The molecule has 1 aromatic heterocycles. The molecular formula is C18H26N4O. The second kappa shape index (κ2) is 6.86. The molecule has 0 saturated heterocycles. The molecule has 0 fully saturated rings. The van der Waals surface area contributed by atoms with E-state index < -0.39 is 0 Å². The predicted octanol–water partition coefficient (Wildman–Crippen LogP) is 3.15. The van der Waals surface area contributed by atoms with Gasteiger partial charge in [0.15, 0.2) is 0 Å². The van der Waals surface area contributed by atoms with Crippen LogP contribution in [-0.2, 0) is 6.54 Å². The van der Waals surface area contributed by atoms with E-state index in [1.807, 2.05) is 40.9 Å². The van der Waals surface area contributed by atoms with Crippen molar-refractivity contribution in [3.05, 3.63) is 46.3 Å². The van der Waals surface area contributed by atoms with Gasteiger partial charge in [-0.2, -0.15) is 5.10 Å². The van der Waals surface area contributed by atoms with Crippen LogP contribution in [0, 0.1) is 13.8 Å². The first-order valence-electron chi connectivity index (χ1n) is 7.91. The zero-order valence-electron chi connectivity index (χ0n) is 14.8. The predicted molar refractivity (Wildman–Crippen MR) is 94.1 cm³/mol. The van der Waals surface area contributed by atoms with Crippen LogP contribution in [-0.4, -0.2) is 30.2 Å². The lowest BCUT2D eigenvalue weighted by Crippen LogP contribution is -2.24. The molecule has 1 amide bonds. The van der Waals surface area contributed by atoms with Crippen molar-refractivity contribution >= 4 is 11.6 Å². The van der Waals surface area contributed by atoms with Gasteiger partial charge >= 0.3 is 0 Å². The van der Waals surface area contributed by atoms with Crippen LogP contribution in [0.1, 0.15) is 52.6 Å². The standard InChI is InChI=1S/C18H26N4O/c1-11(2)17-16(13(4)20-21-17)18(23)19-10-14-7-8-15(22(5)6)12(3)9-14/h7-9,11H,10H2,1-6H3,(H,19,23)(H,20,21). The lowest BCUT2D eigenvalue weighted by atomic mass is 10.0. The maximum Gasteiger partial charge on any atom is 0.255 e. The highest BCUT2D eigenvalue weighted by molar-refractivity contribution is 5.96. The van der Waals surface area contributed by atoms with Crippen LogP contribution >= 0.6 is 0 Å². The highest BCUT2D eigenvalue weighted by atomic mass is 16.1. The number of nitrogens with one attached hydrogen (secondary N) is 2. The summed E-state index contributed by atoms with van der Waals surface area (Å²) >= 11 is 0. The minimum Gasteiger partial charge on any atom is -0.377 e. The summed E-state index contributed by atoms with van der Waals surface area (Å²) in [6.07, 6.45) is 0. The van der Waals surface area contributed by atoms with Crippen LogP contribution in [0.3, 0.4) is 0 Å². The summed E-state index contributed by atoms with van der Waals surface area (Å²) in [6, 6.07) is 6.24. The second-order valence-electron chi connectivity index (χ2n) is 6.46. The Hall–Kier alpha value is -2.30. The van der Waals surface area contributed by atoms with E-state index in [4.69, 9.17) is 0 Å². The number of hydrogen-bond acceptors (Lipinski definition) is 3. The highest BCUT2D eigenvalue weighted by Crippen LogP contribution is 2.21. The largest absolute Gasteiger partial charge is 0.377 e. The molecule has 0 radical (unpaired) electrons. The summed E-state index contributed by atoms with van der Waals surface area (Å²) in [7, 11) is 4.05. The number of benzene rings is 1. The molecule has 1 aromatic carbocycles. The van der Waals surface area contributed by atoms with Crippen LogP contribution in [0.15, 0.2) is 18.2 Å². The maximum atomic E-state index is 12.5. The minimum absolute atomic E-state index is 0.0747. The Balaban J connectivity index is 2.11. The summed E-state index contributed by atoms with van der Waals surface area (Å²) in [5, 5.41) is 10.2. The van der Waals surface area contributed by atoms with E-state index in [0.29, 0.717) is 12.1 Å². The number of aromatic amines is 1. The van der Waals surface area contributed by atoms with Gasteiger partial charge in [-0.25, -0.2) is 0 Å². The SMILES string of the molecule is Cc1cc(CNC(=O)c2c(C(C)C)n[nH]c2C)ccc1N(C)C. The van der Waals surface area contributed by atoms with E-state index in [1.54, 1.807) is 0 Å². The lowest BCUT2D eigenvalue weighted by Gasteiger charge is -2.16. The molecular weight excluding hydrogens is 288 g/mol. The van der Waals surface area contributed by atoms with Gasteiger partial charge < -0.3 is 10.2 Å². The van der Waals surface area contributed by atoms with Gasteiger partial charge in [-0.3, -0.25) is 9.89 Å². The summed E-state index contributed by atoms with van der Waals surface area (Å²) in [4.78, 5) is 14.6. The molecule has 0 atom stereocenters. The van der Waals surface area contributed by atoms with Crippen LogP contribution in [0.4, 0.5) is 5.69 Å². The van der Waals surface area contributed by atoms with Gasteiger partial charge in [0.05, 0.1) is 11.3 Å². The number of carbonyl (C=O) groups excluding carboxylic acids is 1. The van der Waals surface area contributed by atoms with Crippen LogP contribution in [0.5, 0.6) is 0 Å². The quantitative estimate of drug-likeness (QED) is 0.891. The van der Waals surface area contributed by atoms with E-state index in [0.717, 1.165) is 17.0 Å². The number of rotatable bonds is 5. The first-order chi connectivity index (χ1) is 10.8. The van der Waals surface area contributed by atoms with E-state index in [9.17, 15) is 4.79 Å². The molecule has 2 rings (SSSR count). The van der Waals surface area contributed by atoms with Crippen molar-refractivity contribution in [1.82, 2.24) is 15.5 Å². The monoisotopic (exact) mass is 314 g/mol. The van der Waals surface area contributed by atoms with Crippen molar-refractivity contribution < 1.29 is 4.79 Å². The Morgan fingerprint density at radius 1 is 1.30 bits per heavy atom. The fourth-order valence-corrected chi connectivity index (χ4v) is 2.75. The third-order valence-corrected chi connectivity index (χ3v) is 3.95. The van der Waals surface area contributed by atoms with Crippen LogP contribution in [0.25, 0.3) is 0 Å². The molecule has 23 heavy (non-hydrogen) atoms. The van der Waals surface area contributed by atoms with E-state index in [2.05, 4.69) is 39.5 Å². The van der Waals surface area contributed by atoms with Crippen LogP contribution < -0.4 is 10.2 Å². The molecule has 5 nitrogen and oxygen atoms in total. The Labute approximate surface area is 138 Å². The highest BCUT2D eigenvalue weighted by Gasteiger charge is 2.19. The zero-order valence-corrected chi connectivity index (χ0v) is 14.8. The molecule has 0 unspecified atom stereocenters. The van der Waals surface area contributed by atoms with Gasteiger partial charge in [0.2, 0.25) is 0 Å². The average Bonchev–Trinajstić information content (AvgIpc) is 2.86. The summed E-state index contributed by atoms with van der Waals surface area (Å²) in [6.45, 7) is 8.54. The number of H-pyrrole nitrogens is 1. The van der Waals surface area contributed by atoms with Crippen molar-refractivity contribution in [1.29, 1.82) is 0 Å². The lowest BCUT2D eigenvalue weighted by molar-refractivity contribution is 0.0949. The third kappa shape index (κ3) is 3.73. The van der Waals surface area contributed by atoms with Crippen molar-refractivity contribution in [2.75, 3.05) is 19.0 Å². The molecule has 5 heteroatoms. The second-order valence-corrected chi connectivity index (χ2v) is 6.46.